The first kappa shape index (κ1) is 11.6. The van der Waals surface area contributed by atoms with Crippen LogP contribution in [-0.4, -0.2) is 26.2 Å². The molecule has 2 aliphatic rings. The van der Waals surface area contributed by atoms with E-state index in [9.17, 15) is 9.90 Å². The Hall–Kier alpha value is 0.160. The monoisotopic (exact) mass is 324 g/mol. The van der Waals surface area contributed by atoms with E-state index in [-0.39, 0.29) is 21.7 Å². The molecule has 3 nitrogen and oxygen atoms in total. The molecule has 1 N–H and O–H groups in total. The lowest BCUT2D eigenvalue weighted by Gasteiger charge is -2.53. The van der Waals surface area contributed by atoms with Gasteiger partial charge in [-0.1, -0.05) is 36.4 Å². The summed E-state index contributed by atoms with van der Waals surface area (Å²) in [5, 5.41) is 10.8. The second kappa shape index (κ2) is 3.09. The van der Waals surface area contributed by atoms with Gasteiger partial charge >= 0.3 is 5.97 Å². The summed E-state index contributed by atoms with van der Waals surface area (Å²) >= 11 is 2.29. The molecule has 0 amide bonds. The van der Waals surface area contributed by atoms with Gasteiger partial charge in [0.05, 0.1) is 10.3 Å². The second-order valence-corrected chi connectivity index (χ2v) is 7.01. The standard InChI is InChI=1S/C11H17IO3/c1-9(2)5-4-7(12)10(3)11(9,14)6-8(13)15-10/h7,14H,4-6H2,1-3H3/t7-,10+,11+/m0/s1. The van der Waals surface area contributed by atoms with Crippen LogP contribution in [0.5, 0.6) is 0 Å². The van der Waals surface area contributed by atoms with Crippen LogP contribution in [-0.2, 0) is 9.53 Å². The van der Waals surface area contributed by atoms with E-state index in [1.165, 1.54) is 0 Å². The summed E-state index contributed by atoms with van der Waals surface area (Å²) in [6.07, 6.45) is 2.05. The van der Waals surface area contributed by atoms with Crippen molar-refractivity contribution in [3.63, 3.8) is 0 Å². The number of hydrogen-bond donors (Lipinski definition) is 1. The normalized spacial score (nSPS) is 48.6. The summed E-state index contributed by atoms with van der Waals surface area (Å²) in [5.74, 6) is -0.267. The Morgan fingerprint density at radius 2 is 2.07 bits per heavy atom. The molecule has 1 saturated carbocycles. The van der Waals surface area contributed by atoms with Crippen molar-refractivity contribution in [2.45, 2.75) is 55.2 Å². The van der Waals surface area contributed by atoms with E-state index in [1.807, 2.05) is 20.8 Å². The highest BCUT2D eigenvalue weighted by molar-refractivity contribution is 14.1. The van der Waals surface area contributed by atoms with E-state index < -0.39 is 11.2 Å². The van der Waals surface area contributed by atoms with Crippen LogP contribution in [0.25, 0.3) is 0 Å². The van der Waals surface area contributed by atoms with Gasteiger partial charge in [-0.05, 0) is 25.2 Å². The molecule has 2 rings (SSSR count). The lowest BCUT2D eigenvalue weighted by atomic mass is 9.58. The molecule has 2 fully saturated rings. The highest BCUT2D eigenvalue weighted by atomic mass is 127. The van der Waals surface area contributed by atoms with E-state index in [1.54, 1.807) is 0 Å². The fourth-order valence-electron chi connectivity index (χ4n) is 2.95. The minimum Gasteiger partial charge on any atom is -0.455 e. The van der Waals surface area contributed by atoms with Crippen LogP contribution in [0.15, 0.2) is 0 Å². The molecule has 86 valence electrons. The third-order valence-electron chi connectivity index (χ3n) is 4.29. The molecule has 0 unspecified atom stereocenters. The number of esters is 1. The molecule has 1 aliphatic heterocycles. The van der Waals surface area contributed by atoms with E-state index in [4.69, 9.17) is 4.74 Å². The Morgan fingerprint density at radius 3 is 2.60 bits per heavy atom. The molecule has 4 heteroatoms. The molecule has 15 heavy (non-hydrogen) atoms. The molecule has 3 atom stereocenters. The van der Waals surface area contributed by atoms with Gasteiger partial charge in [0.1, 0.15) is 5.60 Å². The quantitative estimate of drug-likeness (QED) is 0.421. The Kier molecular flexibility index (Phi) is 2.40. The number of aliphatic hydroxyl groups is 1. The minimum atomic E-state index is -1.01. The summed E-state index contributed by atoms with van der Waals surface area (Å²) in [4.78, 5) is 11.5. The van der Waals surface area contributed by atoms with Crippen LogP contribution < -0.4 is 0 Å². The molecule has 0 aromatic heterocycles. The lowest BCUT2D eigenvalue weighted by Crippen LogP contribution is -2.65. The number of carbonyl (C=O) groups excluding carboxylic acids is 1. The van der Waals surface area contributed by atoms with E-state index >= 15 is 0 Å². The summed E-state index contributed by atoms with van der Waals surface area (Å²) in [7, 11) is 0. The SMILES string of the molecule is CC1(C)CC[C@H](I)[C@@]2(C)OC(=O)C[C@@]12O. The Labute approximate surface area is 104 Å². The predicted molar refractivity (Wildman–Crippen MR) is 64.9 cm³/mol. The number of ether oxygens (including phenoxy) is 1. The number of carbonyl (C=O) groups is 1. The van der Waals surface area contributed by atoms with Crippen LogP contribution in [0.4, 0.5) is 0 Å². The van der Waals surface area contributed by atoms with Gasteiger partial charge in [-0.15, -0.1) is 0 Å². The Bertz CT molecular complexity index is 315. The van der Waals surface area contributed by atoms with Crippen molar-refractivity contribution >= 4 is 28.6 Å². The molecule has 1 aliphatic carbocycles. The molecule has 1 saturated heterocycles. The largest absolute Gasteiger partial charge is 0.455 e. The fourth-order valence-corrected chi connectivity index (χ4v) is 3.90. The van der Waals surface area contributed by atoms with Gasteiger partial charge in [-0.2, -0.15) is 0 Å². The van der Waals surface area contributed by atoms with Gasteiger partial charge in [0.15, 0.2) is 5.60 Å². The topological polar surface area (TPSA) is 46.5 Å². The first-order valence-corrected chi connectivity index (χ1v) is 6.56. The van der Waals surface area contributed by atoms with Crippen LogP contribution >= 0.6 is 22.6 Å². The zero-order chi connectivity index (χ0) is 11.5. The van der Waals surface area contributed by atoms with Crippen LogP contribution in [0, 0.1) is 5.41 Å². The third kappa shape index (κ3) is 1.30. The molecule has 0 aromatic carbocycles. The zero-order valence-electron chi connectivity index (χ0n) is 9.34. The Balaban J connectivity index is 2.50. The molecule has 1 heterocycles. The van der Waals surface area contributed by atoms with Crippen molar-refractivity contribution in [2.75, 3.05) is 0 Å². The molecule has 0 aromatic rings. The van der Waals surface area contributed by atoms with Crippen molar-refractivity contribution in [3.05, 3.63) is 0 Å². The average Bonchev–Trinajstić information content (AvgIpc) is 2.34. The highest BCUT2D eigenvalue weighted by Crippen LogP contribution is 2.57. The van der Waals surface area contributed by atoms with E-state index in [0.29, 0.717) is 0 Å². The number of fused-ring (bicyclic) bond motifs is 1. The Morgan fingerprint density at radius 1 is 1.47 bits per heavy atom. The maximum absolute atomic E-state index is 11.5. The first-order chi connectivity index (χ1) is 6.73. The van der Waals surface area contributed by atoms with Crippen LogP contribution in [0.2, 0.25) is 0 Å². The van der Waals surface area contributed by atoms with Gasteiger partial charge in [0.2, 0.25) is 0 Å². The first-order valence-electron chi connectivity index (χ1n) is 5.31. The summed E-state index contributed by atoms with van der Waals surface area (Å²) in [5.41, 5.74) is -1.98. The van der Waals surface area contributed by atoms with Crippen molar-refractivity contribution in [2.24, 2.45) is 5.41 Å². The van der Waals surface area contributed by atoms with Gasteiger partial charge < -0.3 is 9.84 Å². The van der Waals surface area contributed by atoms with Gasteiger partial charge in [0, 0.05) is 0 Å². The number of halogens is 1. The maximum atomic E-state index is 11.5. The van der Waals surface area contributed by atoms with Crippen LogP contribution in [0.1, 0.15) is 40.0 Å². The second-order valence-electron chi connectivity index (χ2n) is 5.51. The summed E-state index contributed by atoms with van der Waals surface area (Å²) < 4.78 is 5.60. The smallest absolute Gasteiger partial charge is 0.309 e. The molecule has 0 bridgehead atoms. The van der Waals surface area contributed by atoms with E-state index in [2.05, 4.69) is 22.6 Å². The van der Waals surface area contributed by atoms with E-state index in [0.717, 1.165) is 12.8 Å². The molecular formula is C11H17IO3. The van der Waals surface area contributed by atoms with Crippen molar-refractivity contribution < 1.29 is 14.6 Å². The summed E-state index contributed by atoms with van der Waals surface area (Å²) in [6, 6.07) is 0. The zero-order valence-corrected chi connectivity index (χ0v) is 11.5. The lowest BCUT2D eigenvalue weighted by molar-refractivity contribution is -0.189. The maximum Gasteiger partial charge on any atom is 0.309 e. The third-order valence-corrected chi connectivity index (χ3v) is 6.10. The van der Waals surface area contributed by atoms with Gasteiger partial charge in [-0.25, -0.2) is 0 Å². The van der Waals surface area contributed by atoms with Crippen molar-refractivity contribution in [3.8, 4) is 0 Å². The predicted octanol–water partition coefficient (Wildman–Crippen LogP) is 2.05. The fraction of sp³-hybridized carbons (Fsp3) is 0.909. The number of hydrogen-bond acceptors (Lipinski definition) is 3. The highest BCUT2D eigenvalue weighted by Gasteiger charge is 2.68. The molecule has 0 spiro atoms. The average molecular weight is 324 g/mol. The van der Waals surface area contributed by atoms with Gasteiger partial charge in [-0.3, -0.25) is 4.79 Å². The number of alkyl halides is 1. The van der Waals surface area contributed by atoms with Crippen LogP contribution in [0.3, 0.4) is 0 Å². The minimum absolute atomic E-state index is 0.135. The molecular weight excluding hydrogens is 307 g/mol. The van der Waals surface area contributed by atoms with Crippen molar-refractivity contribution in [1.29, 1.82) is 0 Å². The summed E-state index contributed by atoms with van der Waals surface area (Å²) in [6.45, 7) is 5.92. The van der Waals surface area contributed by atoms with Crippen molar-refractivity contribution in [1.82, 2.24) is 0 Å². The van der Waals surface area contributed by atoms with Gasteiger partial charge in [0.25, 0.3) is 0 Å². The molecule has 0 radical (unpaired) electrons. The number of rotatable bonds is 0.